The van der Waals surface area contributed by atoms with Gasteiger partial charge in [-0.15, -0.1) is 0 Å². The van der Waals surface area contributed by atoms with E-state index in [0.717, 1.165) is 17.2 Å². The number of nitrogens with one attached hydrogen (secondary N) is 1. The molecule has 1 unspecified atom stereocenters. The van der Waals surface area contributed by atoms with Gasteiger partial charge in [0.2, 0.25) is 6.57 Å². The zero-order valence-corrected chi connectivity index (χ0v) is 12.2. The maximum atomic E-state index is 9.15. The van der Waals surface area contributed by atoms with E-state index in [2.05, 4.69) is 21.9 Å². The lowest BCUT2D eigenvalue weighted by atomic mass is 10.3. The minimum absolute atomic E-state index is 0.727. The largest absolute Gasteiger partial charge is 0.457 e. The summed E-state index contributed by atoms with van der Waals surface area (Å²) in [5.41, 5.74) is 6.02. The second-order valence-corrected chi connectivity index (χ2v) is 6.94. The fourth-order valence-electron chi connectivity index (χ4n) is 1.43. The highest BCUT2D eigenvalue weighted by atomic mass is 32.4. The molecule has 0 aromatic heterocycles. The predicted molar refractivity (Wildman–Crippen MR) is 85.8 cm³/mol. The summed E-state index contributed by atoms with van der Waals surface area (Å²) in [4.78, 5) is 9.15. The van der Waals surface area contributed by atoms with Crippen LogP contribution in [0.2, 0.25) is 0 Å². The molecule has 0 heterocycles. The van der Waals surface area contributed by atoms with Gasteiger partial charge in [0.25, 0.3) is 0 Å². The quantitative estimate of drug-likeness (QED) is 0.449. The standard InChI is InChI=1S/C13H14N3O2PS/c14-19(17,20)16-10-15-11-6-8-13(9-7-11)18-12-4-2-1-3-5-12/h1-10H,(H4,14,15,16,17,20). The van der Waals surface area contributed by atoms with Crippen molar-refractivity contribution in [2.45, 2.75) is 0 Å². The van der Waals surface area contributed by atoms with Gasteiger partial charge in [0, 0.05) is 5.69 Å². The monoisotopic (exact) mass is 307 g/mol. The second-order valence-electron chi connectivity index (χ2n) is 3.92. The highest BCUT2D eigenvalue weighted by molar-refractivity contribution is 8.10. The Bertz CT molecular complexity index is 626. The lowest BCUT2D eigenvalue weighted by Gasteiger charge is -2.06. The van der Waals surface area contributed by atoms with Gasteiger partial charge in [0.05, 0.1) is 6.34 Å². The minimum atomic E-state index is -3.04. The molecule has 2 aromatic rings. The molecule has 0 saturated carbocycles. The Morgan fingerprint density at radius 2 is 1.70 bits per heavy atom. The van der Waals surface area contributed by atoms with Crippen LogP contribution in [0, 0.1) is 0 Å². The van der Waals surface area contributed by atoms with Crippen LogP contribution in [0.25, 0.3) is 0 Å². The summed E-state index contributed by atoms with van der Waals surface area (Å²) < 4.78 is 9.29. The summed E-state index contributed by atoms with van der Waals surface area (Å²) in [6.07, 6.45) is 1.30. The molecule has 1 atom stereocenters. The molecule has 20 heavy (non-hydrogen) atoms. The lowest BCUT2D eigenvalue weighted by Crippen LogP contribution is -1.97. The Labute approximate surface area is 122 Å². The van der Waals surface area contributed by atoms with Crippen LogP contribution in [0.5, 0.6) is 11.5 Å². The van der Waals surface area contributed by atoms with Gasteiger partial charge in [0.1, 0.15) is 11.5 Å². The zero-order chi connectivity index (χ0) is 14.4. The van der Waals surface area contributed by atoms with E-state index in [9.17, 15) is 0 Å². The molecule has 2 rings (SSSR count). The third-order valence-corrected chi connectivity index (χ3v) is 3.02. The Hall–Kier alpha value is -1.72. The Balaban J connectivity index is 1.96. The number of hydrogen-bond acceptors (Lipinski definition) is 2. The van der Waals surface area contributed by atoms with E-state index in [0.29, 0.717) is 0 Å². The molecule has 4 N–H and O–H groups in total. The van der Waals surface area contributed by atoms with Gasteiger partial charge in [-0.05, 0) is 48.2 Å². The molecule has 0 aliphatic heterocycles. The van der Waals surface area contributed by atoms with E-state index >= 15 is 0 Å². The van der Waals surface area contributed by atoms with Crippen molar-refractivity contribution in [3.8, 4) is 11.5 Å². The van der Waals surface area contributed by atoms with Crippen LogP contribution in [0.4, 0.5) is 5.69 Å². The van der Waals surface area contributed by atoms with Gasteiger partial charge in [-0.3, -0.25) is 5.50 Å². The molecule has 0 bridgehead atoms. The molecule has 2 aromatic carbocycles. The number of hydrogen-bond donors (Lipinski definition) is 3. The molecule has 0 amide bonds. The first-order valence-corrected chi connectivity index (χ1v) is 8.55. The van der Waals surface area contributed by atoms with E-state index in [-0.39, 0.29) is 0 Å². The van der Waals surface area contributed by atoms with Crippen molar-refractivity contribution in [2.75, 3.05) is 5.32 Å². The molecule has 0 radical (unpaired) electrons. The van der Waals surface area contributed by atoms with Gasteiger partial charge in [-0.1, -0.05) is 18.2 Å². The molecule has 0 spiro atoms. The first-order valence-electron chi connectivity index (χ1n) is 5.78. The SMILES string of the molecule is NP(O)(=S)/N=C/Nc1ccc(Oc2ccccc2)cc1. The molecule has 0 fully saturated rings. The average molecular weight is 307 g/mol. The van der Waals surface area contributed by atoms with Gasteiger partial charge in [-0.25, -0.2) is 4.76 Å². The van der Waals surface area contributed by atoms with Gasteiger partial charge >= 0.3 is 0 Å². The van der Waals surface area contributed by atoms with Crippen molar-refractivity contribution < 1.29 is 9.63 Å². The summed E-state index contributed by atoms with van der Waals surface area (Å²) in [5, 5.41) is 2.87. The van der Waals surface area contributed by atoms with Crippen molar-refractivity contribution in [1.82, 2.24) is 0 Å². The fraction of sp³-hybridized carbons (Fsp3) is 0. The topological polar surface area (TPSA) is 79.9 Å². The first-order chi connectivity index (χ1) is 9.53. The first kappa shape index (κ1) is 14.7. The lowest BCUT2D eigenvalue weighted by molar-refractivity contribution is 0.483. The third-order valence-electron chi connectivity index (χ3n) is 2.29. The number of para-hydroxylation sites is 1. The third kappa shape index (κ3) is 5.11. The fourth-order valence-corrected chi connectivity index (χ4v) is 1.79. The molecule has 7 heteroatoms. The van der Waals surface area contributed by atoms with E-state index in [1.807, 2.05) is 54.6 Å². The van der Waals surface area contributed by atoms with Crippen LogP contribution in [0.3, 0.4) is 0 Å². The molecule has 5 nitrogen and oxygen atoms in total. The van der Waals surface area contributed by atoms with E-state index in [1.165, 1.54) is 6.34 Å². The van der Waals surface area contributed by atoms with Gasteiger partial charge < -0.3 is 14.9 Å². The van der Waals surface area contributed by atoms with Crippen molar-refractivity contribution in [3.63, 3.8) is 0 Å². The highest BCUT2D eigenvalue weighted by Gasteiger charge is 1.99. The normalized spacial score (nSPS) is 13.9. The maximum Gasteiger partial charge on any atom is 0.240 e. The van der Waals surface area contributed by atoms with Crippen LogP contribution >= 0.6 is 6.57 Å². The summed E-state index contributed by atoms with van der Waals surface area (Å²) in [7, 11) is 0. The summed E-state index contributed by atoms with van der Waals surface area (Å²) in [5.74, 6) is 1.50. The molecule has 0 saturated heterocycles. The zero-order valence-electron chi connectivity index (χ0n) is 10.5. The Morgan fingerprint density at radius 3 is 2.30 bits per heavy atom. The molecular formula is C13H14N3O2PS. The number of nitrogens with zero attached hydrogens (tertiary/aromatic N) is 1. The molecular weight excluding hydrogens is 293 g/mol. The summed E-state index contributed by atoms with van der Waals surface area (Å²) in [6.45, 7) is -3.04. The predicted octanol–water partition coefficient (Wildman–Crippen LogP) is 3.09. The number of anilines is 1. The van der Waals surface area contributed by atoms with E-state index in [1.54, 1.807) is 0 Å². The van der Waals surface area contributed by atoms with Crippen LogP contribution in [-0.4, -0.2) is 11.2 Å². The van der Waals surface area contributed by atoms with E-state index < -0.39 is 6.57 Å². The number of benzene rings is 2. The van der Waals surface area contributed by atoms with E-state index in [4.69, 9.17) is 15.1 Å². The Morgan fingerprint density at radius 1 is 1.10 bits per heavy atom. The van der Waals surface area contributed by atoms with Gasteiger partial charge in [0.15, 0.2) is 0 Å². The van der Waals surface area contributed by atoms with Crippen LogP contribution in [0.1, 0.15) is 0 Å². The van der Waals surface area contributed by atoms with Crippen molar-refractivity contribution in [3.05, 3.63) is 54.6 Å². The van der Waals surface area contributed by atoms with Crippen molar-refractivity contribution in [1.29, 1.82) is 0 Å². The number of ether oxygens (including phenoxy) is 1. The van der Waals surface area contributed by atoms with Crippen molar-refractivity contribution >= 4 is 30.4 Å². The molecule has 0 aliphatic carbocycles. The molecule has 0 aliphatic rings. The van der Waals surface area contributed by atoms with Crippen LogP contribution in [0.15, 0.2) is 59.4 Å². The summed E-state index contributed by atoms with van der Waals surface area (Å²) in [6, 6.07) is 16.8. The second kappa shape index (κ2) is 6.63. The number of rotatable bonds is 5. The minimum Gasteiger partial charge on any atom is -0.457 e. The summed E-state index contributed by atoms with van der Waals surface area (Å²) >= 11 is 4.58. The maximum absolute atomic E-state index is 9.15. The average Bonchev–Trinajstić information content (AvgIpc) is 2.41. The van der Waals surface area contributed by atoms with Gasteiger partial charge in [-0.2, -0.15) is 0 Å². The van der Waals surface area contributed by atoms with Crippen LogP contribution < -0.4 is 15.6 Å². The smallest absolute Gasteiger partial charge is 0.240 e. The number of nitrogens with two attached hydrogens (primary N) is 1. The van der Waals surface area contributed by atoms with Crippen molar-refractivity contribution in [2.24, 2.45) is 10.3 Å². The highest BCUT2D eigenvalue weighted by Crippen LogP contribution is 2.31. The Kier molecular flexibility index (Phi) is 4.87. The van der Waals surface area contributed by atoms with Crippen LogP contribution in [-0.2, 0) is 11.8 Å². The molecule has 104 valence electrons.